The van der Waals surface area contributed by atoms with Crippen molar-refractivity contribution in [2.24, 2.45) is 0 Å². The topological polar surface area (TPSA) is 32.3 Å². The number of aromatic hydroxyl groups is 1. The monoisotopic (exact) mass is 217 g/mol. The molecule has 14 heavy (non-hydrogen) atoms. The third-order valence-corrected chi connectivity index (χ3v) is 2.24. The number of halogens is 2. The summed E-state index contributed by atoms with van der Waals surface area (Å²) in [6, 6.07) is 4.98. The van der Waals surface area contributed by atoms with Gasteiger partial charge in [0.2, 0.25) is 0 Å². The van der Waals surface area contributed by atoms with Crippen molar-refractivity contribution in [3.05, 3.63) is 28.8 Å². The van der Waals surface area contributed by atoms with E-state index in [2.05, 4.69) is 5.32 Å². The first kappa shape index (κ1) is 11.3. The molecular weight excluding hydrogens is 205 g/mol. The fourth-order valence-electron chi connectivity index (χ4n) is 1.13. The van der Waals surface area contributed by atoms with Crippen LogP contribution in [0.25, 0.3) is 0 Å². The molecule has 0 fully saturated rings. The van der Waals surface area contributed by atoms with Crippen LogP contribution in [0.4, 0.5) is 4.39 Å². The summed E-state index contributed by atoms with van der Waals surface area (Å²) in [5.41, 5.74) is 0.660. The minimum atomic E-state index is -0.332. The minimum Gasteiger partial charge on any atom is -0.508 e. The SMILES string of the molecule is Oc1cccc(Cl)c1CNCCCF. The molecule has 0 aromatic heterocycles. The highest BCUT2D eigenvalue weighted by Gasteiger charge is 2.04. The van der Waals surface area contributed by atoms with Gasteiger partial charge < -0.3 is 10.4 Å². The van der Waals surface area contributed by atoms with Crippen LogP contribution in [0.2, 0.25) is 5.02 Å². The number of nitrogens with one attached hydrogen (secondary N) is 1. The molecule has 1 aromatic rings. The smallest absolute Gasteiger partial charge is 0.121 e. The van der Waals surface area contributed by atoms with E-state index in [9.17, 15) is 9.50 Å². The third kappa shape index (κ3) is 3.16. The molecule has 2 nitrogen and oxygen atoms in total. The molecule has 1 aromatic carbocycles. The molecule has 0 saturated carbocycles. The summed E-state index contributed by atoms with van der Waals surface area (Å²) in [5.74, 6) is 0.172. The average Bonchev–Trinajstić information content (AvgIpc) is 2.16. The van der Waals surface area contributed by atoms with Crippen LogP contribution in [0, 0.1) is 0 Å². The van der Waals surface area contributed by atoms with Crippen molar-refractivity contribution in [3.63, 3.8) is 0 Å². The van der Waals surface area contributed by atoms with Crippen LogP contribution in [-0.4, -0.2) is 18.3 Å². The fourth-order valence-corrected chi connectivity index (χ4v) is 1.36. The number of phenolic OH excluding ortho intramolecular Hbond substituents is 1. The van der Waals surface area contributed by atoms with Crippen LogP contribution in [0.1, 0.15) is 12.0 Å². The van der Waals surface area contributed by atoms with Gasteiger partial charge in [0.05, 0.1) is 6.67 Å². The molecular formula is C10H13ClFNO. The van der Waals surface area contributed by atoms with Gasteiger partial charge in [0.15, 0.2) is 0 Å². The zero-order valence-corrected chi connectivity index (χ0v) is 8.52. The Morgan fingerprint density at radius 2 is 2.21 bits per heavy atom. The maximum atomic E-state index is 11.8. The maximum Gasteiger partial charge on any atom is 0.121 e. The second-order valence-corrected chi connectivity index (χ2v) is 3.36. The maximum absolute atomic E-state index is 11.8. The van der Waals surface area contributed by atoms with Crippen LogP contribution in [0.3, 0.4) is 0 Å². The second-order valence-electron chi connectivity index (χ2n) is 2.96. The lowest BCUT2D eigenvalue weighted by molar-refractivity contribution is 0.450. The molecule has 0 amide bonds. The predicted octanol–water partition coefficient (Wildman–Crippen LogP) is 2.49. The van der Waals surface area contributed by atoms with Gasteiger partial charge in [-0.1, -0.05) is 17.7 Å². The molecule has 0 aliphatic heterocycles. The molecule has 0 heterocycles. The summed E-state index contributed by atoms with van der Waals surface area (Å²) in [5, 5.41) is 13.0. The Labute approximate surface area is 87.7 Å². The van der Waals surface area contributed by atoms with E-state index in [-0.39, 0.29) is 12.4 Å². The van der Waals surface area contributed by atoms with Gasteiger partial charge in [0.25, 0.3) is 0 Å². The lowest BCUT2D eigenvalue weighted by Gasteiger charge is -2.07. The predicted molar refractivity (Wildman–Crippen MR) is 55.4 cm³/mol. The van der Waals surface area contributed by atoms with Gasteiger partial charge in [-0.2, -0.15) is 0 Å². The van der Waals surface area contributed by atoms with Crippen molar-refractivity contribution in [1.29, 1.82) is 0 Å². The van der Waals surface area contributed by atoms with Gasteiger partial charge in [0, 0.05) is 17.1 Å². The van der Waals surface area contributed by atoms with Crippen molar-refractivity contribution >= 4 is 11.6 Å². The van der Waals surface area contributed by atoms with Gasteiger partial charge in [-0.3, -0.25) is 4.39 Å². The Morgan fingerprint density at radius 1 is 1.43 bits per heavy atom. The van der Waals surface area contributed by atoms with E-state index in [1.54, 1.807) is 18.2 Å². The standard InChI is InChI=1S/C10H13ClFNO/c11-9-3-1-4-10(14)8(9)7-13-6-2-5-12/h1,3-4,13-14H,2,5-7H2. The van der Waals surface area contributed by atoms with E-state index in [0.717, 1.165) is 0 Å². The Balaban J connectivity index is 2.49. The van der Waals surface area contributed by atoms with Crippen LogP contribution in [-0.2, 0) is 6.54 Å². The first-order valence-corrected chi connectivity index (χ1v) is 4.86. The number of hydrogen-bond acceptors (Lipinski definition) is 2. The summed E-state index contributed by atoms with van der Waals surface area (Å²) in [6.45, 7) is 0.716. The fraction of sp³-hybridized carbons (Fsp3) is 0.400. The highest BCUT2D eigenvalue weighted by atomic mass is 35.5. The molecule has 78 valence electrons. The molecule has 0 aliphatic carbocycles. The van der Waals surface area contributed by atoms with Crippen molar-refractivity contribution < 1.29 is 9.50 Å². The minimum absolute atomic E-state index is 0.172. The summed E-state index contributed by atoms with van der Waals surface area (Å²) < 4.78 is 11.8. The number of hydrogen-bond donors (Lipinski definition) is 2. The van der Waals surface area contributed by atoms with Crippen molar-refractivity contribution in [2.45, 2.75) is 13.0 Å². The largest absolute Gasteiger partial charge is 0.508 e. The van der Waals surface area contributed by atoms with Gasteiger partial charge in [-0.25, -0.2) is 0 Å². The molecule has 0 spiro atoms. The molecule has 0 aliphatic rings. The van der Waals surface area contributed by atoms with Gasteiger partial charge in [-0.05, 0) is 25.1 Å². The molecule has 0 saturated heterocycles. The van der Waals surface area contributed by atoms with Gasteiger partial charge in [-0.15, -0.1) is 0 Å². The number of phenols is 1. The van der Waals surface area contributed by atoms with E-state index in [0.29, 0.717) is 30.1 Å². The van der Waals surface area contributed by atoms with Crippen LogP contribution >= 0.6 is 11.6 Å². The van der Waals surface area contributed by atoms with Crippen molar-refractivity contribution in [2.75, 3.05) is 13.2 Å². The summed E-state index contributed by atoms with van der Waals surface area (Å²) >= 11 is 5.87. The van der Waals surface area contributed by atoms with Crippen LogP contribution in [0.15, 0.2) is 18.2 Å². The first-order chi connectivity index (χ1) is 6.75. The lowest BCUT2D eigenvalue weighted by Crippen LogP contribution is -2.15. The summed E-state index contributed by atoms with van der Waals surface area (Å²) in [6.07, 6.45) is 0.477. The Bertz CT molecular complexity index is 273. The van der Waals surface area contributed by atoms with E-state index >= 15 is 0 Å². The Kier molecular flexibility index (Phi) is 4.70. The summed E-state index contributed by atoms with van der Waals surface area (Å²) in [7, 11) is 0. The third-order valence-electron chi connectivity index (χ3n) is 1.88. The summed E-state index contributed by atoms with van der Waals surface area (Å²) in [4.78, 5) is 0. The lowest BCUT2D eigenvalue weighted by atomic mass is 10.2. The second kappa shape index (κ2) is 5.83. The molecule has 0 atom stereocenters. The normalized spacial score (nSPS) is 10.4. The Hall–Kier alpha value is -0.800. The zero-order valence-electron chi connectivity index (χ0n) is 7.76. The van der Waals surface area contributed by atoms with E-state index in [4.69, 9.17) is 11.6 Å². The van der Waals surface area contributed by atoms with E-state index < -0.39 is 0 Å². The average molecular weight is 218 g/mol. The van der Waals surface area contributed by atoms with Gasteiger partial charge in [0.1, 0.15) is 5.75 Å². The Morgan fingerprint density at radius 3 is 2.86 bits per heavy atom. The van der Waals surface area contributed by atoms with Crippen LogP contribution in [0.5, 0.6) is 5.75 Å². The molecule has 0 radical (unpaired) electrons. The molecule has 0 bridgehead atoms. The van der Waals surface area contributed by atoms with Gasteiger partial charge >= 0.3 is 0 Å². The van der Waals surface area contributed by atoms with E-state index in [1.165, 1.54) is 0 Å². The number of rotatable bonds is 5. The molecule has 0 unspecified atom stereocenters. The first-order valence-electron chi connectivity index (χ1n) is 4.48. The molecule has 2 N–H and O–H groups in total. The highest BCUT2D eigenvalue weighted by Crippen LogP contribution is 2.24. The highest BCUT2D eigenvalue weighted by molar-refractivity contribution is 6.31. The van der Waals surface area contributed by atoms with Crippen molar-refractivity contribution in [1.82, 2.24) is 5.32 Å². The molecule has 4 heteroatoms. The van der Waals surface area contributed by atoms with Crippen molar-refractivity contribution in [3.8, 4) is 5.75 Å². The van der Waals surface area contributed by atoms with E-state index in [1.807, 2.05) is 0 Å². The zero-order chi connectivity index (χ0) is 10.4. The number of alkyl halides is 1. The number of benzene rings is 1. The molecule has 1 rings (SSSR count). The quantitative estimate of drug-likeness (QED) is 0.743. The van der Waals surface area contributed by atoms with Crippen LogP contribution < -0.4 is 5.32 Å².